The Kier molecular flexibility index (Phi) is 9.33. The van der Waals surface area contributed by atoms with Crippen LogP contribution in [0.4, 0.5) is 13.2 Å². The van der Waals surface area contributed by atoms with Crippen LogP contribution in [-0.2, 0) is 0 Å². The first-order valence-electron chi connectivity index (χ1n) is 12.4. The molecule has 0 bridgehead atoms. The molecule has 0 radical (unpaired) electrons. The molecule has 0 nitrogen and oxygen atoms in total. The molecule has 0 spiro atoms. The Balaban J connectivity index is 1.35. The van der Waals surface area contributed by atoms with Crippen LogP contribution >= 0.6 is 0 Å². The number of allylic oxidation sites excluding steroid dienone is 2. The quantitative estimate of drug-likeness (QED) is 0.212. The maximum Gasteiger partial charge on any atom is 0.194 e. The van der Waals surface area contributed by atoms with Crippen LogP contribution in [0.3, 0.4) is 0 Å². The van der Waals surface area contributed by atoms with Crippen molar-refractivity contribution >= 4 is 0 Å². The highest BCUT2D eigenvalue weighted by molar-refractivity contribution is 5.23. The largest absolute Gasteiger partial charge is 0.204 e. The van der Waals surface area contributed by atoms with Gasteiger partial charge in [-0.1, -0.05) is 57.6 Å². The Bertz CT molecular complexity index is 642. The molecule has 2 aliphatic rings. The summed E-state index contributed by atoms with van der Waals surface area (Å²) < 4.78 is 40.2. The fraction of sp³-hybridized carbons (Fsp3) is 0.704. The smallest absolute Gasteiger partial charge is 0.194 e. The normalized spacial score (nSPS) is 27.6. The molecule has 0 heterocycles. The van der Waals surface area contributed by atoms with Crippen molar-refractivity contribution in [2.45, 2.75) is 103 Å². The maximum atomic E-state index is 13.5. The van der Waals surface area contributed by atoms with Crippen molar-refractivity contribution < 1.29 is 13.2 Å². The molecule has 1 aromatic rings. The van der Waals surface area contributed by atoms with Crippen molar-refractivity contribution in [3.63, 3.8) is 0 Å². The summed E-state index contributed by atoms with van der Waals surface area (Å²) in [4.78, 5) is 0. The topological polar surface area (TPSA) is 0 Å². The van der Waals surface area contributed by atoms with E-state index in [4.69, 9.17) is 0 Å². The summed E-state index contributed by atoms with van der Waals surface area (Å²) in [5.74, 6) is -1.09. The minimum Gasteiger partial charge on any atom is -0.204 e. The summed E-state index contributed by atoms with van der Waals surface area (Å²) in [6.45, 7) is 2.27. The first-order valence-corrected chi connectivity index (χ1v) is 12.4. The molecule has 0 unspecified atom stereocenters. The molecule has 0 N–H and O–H groups in total. The monoisotopic (exact) mass is 420 g/mol. The van der Waals surface area contributed by atoms with Gasteiger partial charge in [0.05, 0.1) is 0 Å². The zero-order valence-electron chi connectivity index (χ0n) is 18.7. The molecule has 2 fully saturated rings. The Labute approximate surface area is 181 Å². The Morgan fingerprint density at radius 3 is 1.83 bits per heavy atom. The maximum absolute atomic E-state index is 13.5. The fourth-order valence-corrected chi connectivity index (χ4v) is 5.48. The summed E-state index contributed by atoms with van der Waals surface area (Å²) in [5, 5.41) is 0. The molecule has 0 aromatic heterocycles. The number of halogens is 3. The predicted molar refractivity (Wildman–Crippen MR) is 119 cm³/mol. The molecule has 3 heteroatoms. The molecule has 1 aromatic carbocycles. The van der Waals surface area contributed by atoms with E-state index in [0.29, 0.717) is 11.5 Å². The van der Waals surface area contributed by atoms with Gasteiger partial charge in [0.1, 0.15) is 0 Å². The third-order valence-electron chi connectivity index (χ3n) is 7.51. The minimum absolute atomic E-state index is 0.145. The van der Waals surface area contributed by atoms with E-state index in [1.165, 1.54) is 76.3 Å². The lowest BCUT2D eigenvalue weighted by Crippen LogP contribution is -2.15. The summed E-state index contributed by atoms with van der Waals surface area (Å²) in [6, 6.07) is 2.36. The molecule has 2 saturated carbocycles. The van der Waals surface area contributed by atoms with Crippen molar-refractivity contribution in [2.24, 2.45) is 17.8 Å². The van der Waals surface area contributed by atoms with Gasteiger partial charge < -0.3 is 0 Å². The summed E-state index contributed by atoms with van der Waals surface area (Å²) in [7, 11) is 0. The van der Waals surface area contributed by atoms with E-state index in [9.17, 15) is 13.2 Å². The van der Waals surface area contributed by atoms with Gasteiger partial charge in [-0.05, 0) is 92.7 Å². The first-order chi connectivity index (χ1) is 14.6. The SMILES string of the molecule is CCCCCCCC1CCC(C=CC2CCC(c3cc(F)c(F)c(F)c3)CC2)CC1. The van der Waals surface area contributed by atoms with Crippen molar-refractivity contribution in [3.05, 3.63) is 47.3 Å². The van der Waals surface area contributed by atoms with Crippen LogP contribution in [-0.4, -0.2) is 0 Å². The van der Waals surface area contributed by atoms with E-state index < -0.39 is 17.5 Å². The third-order valence-corrected chi connectivity index (χ3v) is 7.51. The standard InChI is InChI=1S/C27H39F3/c1-2-3-4-5-6-7-20-8-10-21(11-9-20)12-13-22-14-16-23(17-15-22)24-18-25(28)27(30)26(29)19-24/h12-13,18-23H,2-11,14-17H2,1H3. The minimum atomic E-state index is -1.36. The number of hydrogen-bond donors (Lipinski definition) is 0. The molecule has 2 aliphatic carbocycles. The van der Waals surface area contributed by atoms with Gasteiger partial charge in [0.25, 0.3) is 0 Å². The highest BCUT2D eigenvalue weighted by atomic mass is 19.2. The van der Waals surface area contributed by atoms with Crippen LogP contribution in [0.25, 0.3) is 0 Å². The fourth-order valence-electron chi connectivity index (χ4n) is 5.48. The lowest BCUT2D eigenvalue weighted by molar-refractivity contribution is 0.287. The van der Waals surface area contributed by atoms with E-state index in [1.807, 2.05) is 0 Å². The number of unbranched alkanes of at least 4 members (excludes halogenated alkanes) is 4. The second-order valence-electron chi connectivity index (χ2n) is 9.78. The lowest BCUT2D eigenvalue weighted by atomic mass is 9.76. The van der Waals surface area contributed by atoms with Crippen molar-refractivity contribution in [3.8, 4) is 0 Å². The first kappa shape index (κ1) is 23.4. The molecule has 0 aliphatic heterocycles. The lowest BCUT2D eigenvalue weighted by Gasteiger charge is -2.29. The summed E-state index contributed by atoms with van der Waals surface area (Å²) in [6.07, 6.45) is 22.6. The second-order valence-corrected chi connectivity index (χ2v) is 9.78. The van der Waals surface area contributed by atoms with Gasteiger partial charge >= 0.3 is 0 Å². The number of rotatable bonds is 9. The van der Waals surface area contributed by atoms with Crippen molar-refractivity contribution in [2.75, 3.05) is 0 Å². The molecule has 0 amide bonds. The van der Waals surface area contributed by atoms with Crippen LogP contribution < -0.4 is 0 Å². The predicted octanol–water partition coefficient (Wildman–Crippen LogP) is 9.10. The molecule has 0 atom stereocenters. The number of benzene rings is 1. The number of hydrogen-bond acceptors (Lipinski definition) is 0. The van der Waals surface area contributed by atoms with Crippen LogP contribution in [0, 0.1) is 35.2 Å². The molecular formula is C27H39F3. The van der Waals surface area contributed by atoms with Gasteiger partial charge in [-0.25, -0.2) is 13.2 Å². The second kappa shape index (κ2) is 12.0. The van der Waals surface area contributed by atoms with E-state index in [-0.39, 0.29) is 5.92 Å². The highest BCUT2D eigenvalue weighted by Gasteiger charge is 2.24. The zero-order valence-corrected chi connectivity index (χ0v) is 18.7. The molecule has 168 valence electrons. The van der Waals surface area contributed by atoms with Crippen LogP contribution in [0.2, 0.25) is 0 Å². The van der Waals surface area contributed by atoms with Crippen LogP contribution in [0.15, 0.2) is 24.3 Å². The Morgan fingerprint density at radius 1 is 0.733 bits per heavy atom. The van der Waals surface area contributed by atoms with Gasteiger partial charge in [0, 0.05) is 0 Å². The van der Waals surface area contributed by atoms with Gasteiger partial charge in [-0.2, -0.15) is 0 Å². The third kappa shape index (κ3) is 6.89. The van der Waals surface area contributed by atoms with Crippen molar-refractivity contribution in [1.29, 1.82) is 0 Å². The zero-order chi connectivity index (χ0) is 21.3. The Morgan fingerprint density at radius 2 is 1.27 bits per heavy atom. The van der Waals surface area contributed by atoms with Gasteiger partial charge in [0.2, 0.25) is 0 Å². The average molecular weight is 421 g/mol. The highest BCUT2D eigenvalue weighted by Crippen LogP contribution is 2.38. The van der Waals surface area contributed by atoms with E-state index in [0.717, 1.165) is 37.5 Å². The molecular weight excluding hydrogens is 381 g/mol. The summed E-state index contributed by atoms with van der Waals surface area (Å²) in [5.41, 5.74) is 0.613. The molecule has 30 heavy (non-hydrogen) atoms. The van der Waals surface area contributed by atoms with Gasteiger partial charge in [-0.3, -0.25) is 0 Å². The van der Waals surface area contributed by atoms with E-state index in [1.54, 1.807) is 0 Å². The van der Waals surface area contributed by atoms with Gasteiger partial charge in [-0.15, -0.1) is 0 Å². The Hall–Kier alpha value is -1.25. The van der Waals surface area contributed by atoms with E-state index >= 15 is 0 Å². The summed E-state index contributed by atoms with van der Waals surface area (Å²) >= 11 is 0. The molecule has 0 saturated heterocycles. The molecule has 3 rings (SSSR count). The van der Waals surface area contributed by atoms with Gasteiger partial charge in [0.15, 0.2) is 17.5 Å². The average Bonchev–Trinajstić information content (AvgIpc) is 2.77. The van der Waals surface area contributed by atoms with Crippen LogP contribution in [0.1, 0.15) is 108 Å². The van der Waals surface area contributed by atoms with Crippen molar-refractivity contribution in [1.82, 2.24) is 0 Å². The van der Waals surface area contributed by atoms with E-state index in [2.05, 4.69) is 19.1 Å². The van der Waals surface area contributed by atoms with Crippen LogP contribution in [0.5, 0.6) is 0 Å².